The third kappa shape index (κ3) is 5.38. The molecule has 0 fully saturated rings. The van der Waals surface area contributed by atoms with Crippen LogP contribution >= 0.6 is 0 Å². The molecule has 0 saturated carbocycles. The molecule has 2 aromatic carbocycles. The molecule has 178 valence electrons. The van der Waals surface area contributed by atoms with Crippen molar-refractivity contribution in [3.8, 4) is 11.5 Å². The van der Waals surface area contributed by atoms with E-state index < -0.39 is 22.6 Å². The molecule has 0 bridgehead atoms. The van der Waals surface area contributed by atoms with Gasteiger partial charge in [0, 0.05) is 19.2 Å². The number of nitrogens with zero attached hydrogens (tertiary/aromatic N) is 3. The number of alkyl halides is 3. The van der Waals surface area contributed by atoms with Crippen LogP contribution in [0.3, 0.4) is 0 Å². The third-order valence-electron chi connectivity index (χ3n) is 4.92. The fourth-order valence-corrected chi connectivity index (χ4v) is 4.20. The Kier molecular flexibility index (Phi) is 6.86. The average Bonchev–Trinajstić information content (AvgIpc) is 2.77. The lowest BCUT2D eigenvalue weighted by atomic mass is 10.2. The summed E-state index contributed by atoms with van der Waals surface area (Å²) in [5.74, 6) is 0.932. The quantitative estimate of drug-likeness (QED) is 0.509. The van der Waals surface area contributed by atoms with E-state index in [2.05, 4.69) is 15.3 Å². The predicted molar refractivity (Wildman–Crippen MR) is 119 cm³/mol. The fraction of sp³-hybridized carbons (Fsp3) is 0.333. The number of halogens is 3. The molecular formula is C21H23F3N4O4S. The Morgan fingerprint density at radius 1 is 1.09 bits per heavy atom. The van der Waals surface area contributed by atoms with E-state index in [0.717, 1.165) is 4.90 Å². The van der Waals surface area contributed by atoms with E-state index in [0.29, 0.717) is 22.4 Å². The highest BCUT2D eigenvalue weighted by Crippen LogP contribution is 2.38. The monoisotopic (exact) mass is 484 g/mol. The van der Waals surface area contributed by atoms with Gasteiger partial charge in [-0.2, -0.15) is 13.2 Å². The maximum atomic E-state index is 13.0. The summed E-state index contributed by atoms with van der Waals surface area (Å²) in [6.45, 7) is 0.259. The van der Waals surface area contributed by atoms with E-state index in [1.165, 1.54) is 52.7 Å². The molecule has 0 aliphatic carbocycles. The van der Waals surface area contributed by atoms with Crippen LogP contribution in [-0.2, 0) is 9.84 Å². The summed E-state index contributed by atoms with van der Waals surface area (Å²) in [7, 11) is 0.596. The van der Waals surface area contributed by atoms with Crippen LogP contribution in [0.25, 0.3) is 10.9 Å². The highest BCUT2D eigenvalue weighted by Gasteiger charge is 2.30. The molecule has 0 aliphatic heterocycles. The molecule has 0 atom stereocenters. The molecule has 0 amide bonds. The molecule has 3 aromatic rings. The van der Waals surface area contributed by atoms with Gasteiger partial charge in [-0.3, -0.25) is 0 Å². The molecule has 1 aromatic heterocycles. The number of hydrogen-bond donors (Lipinski definition) is 1. The van der Waals surface area contributed by atoms with Crippen molar-refractivity contribution in [2.45, 2.75) is 18.0 Å². The number of rotatable bonds is 8. The van der Waals surface area contributed by atoms with Gasteiger partial charge in [-0.25, -0.2) is 18.4 Å². The first-order chi connectivity index (χ1) is 15.5. The Hall–Kier alpha value is -3.28. The lowest BCUT2D eigenvalue weighted by Gasteiger charge is -2.25. The largest absolute Gasteiger partial charge is 0.497 e. The summed E-state index contributed by atoms with van der Waals surface area (Å²) >= 11 is 0. The normalized spacial score (nSPS) is 12.0. The van der Waals surface area contributed by atoms with Gasteiger partial charge in [0.1, 0.15) is 30.2 Å². The van der Waals surface area contributed by atoms with Gasteiger partial charge in [0.25, 0.3) is 0 Å². The Labute approximate surface area is 189 Å². The van der Waals surface area contributed by atoms with Crippen LogP contribution in [0.5, 0.6) is 11.5 Å². The minimum absolute atomic E-state index is 0.0244. The van der Waals surface area contributed by atoms with Gasteiger partial charge >= 0.3 is 6.18 Å². The Morgan fingerprint density at radius 3 is 2.42 bits per heavy atom. The maximum Gasteiger partial charge on any atom is 0.405 e. The second-order valence-electron chi connectivity index (χ2n) is 7.12. The van der Waals surface area contributed by atoms with Crippen molar-refractivity contribution < 1.29 is 31.1 Å². The summed E-state index contributed by atoms with van der Waals surface area (Å²) in [4.78, 5) is 9.39. The molecule has 1 N–H and O–H groups in total. The molecular weight excluding hydrogens is 461 g/mol. The average molecular weight is 485 g/mol. The standard InChI is InChI=1S/C21H23F3N4O4S/c1-5-33(29,30)14-6-7-17(28(2)11-21(22,23)24)15(10-14)27-20-19-16(25-12-26-20)8-13(31-3)9-18(19)32-4/h6-10,12H,5,11H2,1-4H3,(H,25,26,27). The van der Waals surface area contributed by atoms with Crippen LogP contribution < -0.4 is 19.7 Å². The first kappa shape index (κ1) is 24.4. The molecule has 0 aliphatic rings. The first-order valence-corrected chi connectivity index (χ1v) is 11.4. The minimum atomic E-state index is -4.46. The molecule has 0 unspecified atom stereocenters. The lowest BCUT2D eigenvalue weighted by molar-refractivity contribution is -0.119. The highest BCUT2D eigenvalue weighted by molar-refractivity contribution is 7.91. The van der Waals surface area contributed by atoms with Crippen LogP contribution in [0.1, 0.15) is 6.92 Å². The van der Waals surface area contributed by atoms with Crippen molar-refractivity contribution >= 4 is 37.9 Å². The van der Waals surface area contributed by atoms with Crippen LogP contribution in [0.2, 0.25) is 0 Å². The molecule has 0 spiro atoms. The van der Waals surface area contributed by atoms with Gasteiger partial charge in [0.05, 0.1) is 47.1 Å². The summed E-state index contributed by atoms with van der Waals surface area (Å²) < 4.78 is 74.6. The van der Waals surface area contributed by atoms with E-state index in [1.807, 2.05) is 0 Å². The number of nitrogens with one attached hydrogen (secondary N) is 1. The molecule has 12 heteroatoms. The Bertz CT molecular complexity index is 1270. The zero-order valence-electron chi connectivity index (χ0n) is 18.4. The zero-order chi connectivity index (χ0) is 24.4. The number of sulfone groups is 1. The zero-order valence-corrected chi connectivity index (χ0v) is 19.2. The van der Waals surface area contributed by atoms with Crippen molar-refractivity contribution in [1.82, 2.24) is 9.97 Å². The summed E-state index contributed by atoms with van der Waals surface area (Å²) in [5, 5.41) is 3.44. The van der Waals surface area contributed by atoms with Gasteiger partial charge in [-0.1, -0.05) is 6.92 Å². The molecule has 8 nitrogen and oxygen atoms in total. The third-order valence-corrected chi connectivity index (χ3v) is 6.65. The lowest BCUT2D eigenvalue weighted by Crippen LogP contribution is -2.31. The molecule has 0 radical (unpaired) electrons. The van der Waals surface area contributed by atoms with E-state index in [-0.39, 0.29) is 27.8 Å². The summed E-state index contributed by atoms with van der Waals surface area (Å²) in [5.41, 5.74) is 0.738. The van der Waals surface area contributed by atoms with Crippen LogP contribution in [0.15, 0.2) is 41.6 Å². The van der Waals surface area contributed by atoms with E-state index in [4.69, 9.17) is 9.47 Å². The van der Waals surface area contributed by atoms with E-state index in [9.17, 15) is 21.6 Å². The maximum absolute atomic E-state index is 13.0. The van der Waals surface area contributed by atoms with Gasteiger partial charge in [0.2, 0.25) is 0 Å². The number of methoxy groups -OCH3 is 2. The van der Waals surface area contributed by atoms with Crippen LogP contribution in [-0.4, -0.2) is 58.1 Å². The topological polar surface area (TPSA) is 93.7 Å². The van der Waals surface area contributed by atoms with Crippen LogP contribution in [0.4, 0.5) is 30.4 Å². The number of aromatic nitrogens is 2. The van der Waals surface area contributed by atoms with Crippen molar-refractivity contribution in [3.05, 3.63) is 36.7 Å². The van der Waals surface area contributed by atoms with Gasteiger partial charge in [0.15, 0.2) is 9.84 Å². The summed E-state index contributed by atoms with van der Waals surface area (Å²) in [6, 6.07) is 7.19. The fourth-order valence-electron chi connectivity index (χ4n) is 3.29. The molecule has 1 heterocycles. The molecule has 33 heavy (non-hydrogen) atoms. The van der Waals surface area contributed by atoms with Gasteiger partial charge in [-0.05, 0) is 18.2 Å². The Morgan fingerprint density at radius 2 is 1.82 bits per heavy atom. The van der Waals surface area contributed by atoms with Crippen molar-refractivity contribution in [2.75, 3.05) is 43.8 Å². The number of benzene rings is 2. The minimum Gasteiger partial charge on any atom is -0.497 e. The highest BCUT2D eigenvalue weighted by atomic mass is 32.2. The van der Waals surface area contributed by atoms with Crippen molar-refractivity contribution in [3.63, 3.8) is 0 Å². The van der Waals surface area contributed by atoms with Gasteiger partial charge < -0.3 is 19.7 Å². The Balaban J connectivity index is 2.19. The van der Waals surface area contributed by atoms with E-state index in [1.54, 1.807) is 12.1 Å². The van der Waals surface area contributed by atoms with Gasteiger partial charge in [-0.15, -0.1) is 0 Å². The number of anilines is 3. The molecule has 0 saturated heterocycles. The summed E-state index contributed by atoms with van der Waals surface area (Å²) in [6.07, 6.45) is -3.18. The van der Waals surface area contributed by atoms with Crippen LogP contribution in [0, 0.1) is 0 Å². The number of fused-ring (bicyclic) bond motifs is 1. The number of ether oxygens (including phenoxy) is 2. The second-order valence-corrected chi connectivity index (χ2v) is 9.40. The number of hydrogen-bond acceptors (Lipinski definition) is 8. The van der Waals surface area contributed by atoms with E-state index >= 15 is 0 Å². The SMILES string of the molecule is CCS(=O)(=O)c1ccc(N(C)CC(F)(F)F)c(Nc2ncnc3cc(OC)cc(OC)c23)c1. The first-order valence-electron chi connectivity index (χ1n) is 9.77. The molecule has 3 rings (SSSR count). The smallest absolute Gasteiger partial charge is 0.405 e. The second kappa shape index (κ2) is 9.30. The van der Waals surface area contributed by atoms with Crippen molar-refractivity contribution in [2.24, 2.45) is 0 Å². The van der Waals surface area contributed by atoms with Crippen molar-refractivity contribution in [1.29, 1.82) is 0 Å². The predicted octanol–water partition coefficient (Wildman–Crippen LogP) is 4.18.